The molecule has 1 N–H and O–H groups in total. The lowest BCUT2D eigenvalue weighted by molar-refractivity contribution is -0.137. The van der Waals surface area contributed by atoms with Gasteiger partial charge in [0.1, 0.15) is 0 Å². The van der Waals surface area contributed by atoms with E-state index in [4.69, 9.17) is 0 Å². The molecule has 1 fully saturated rings. The molecule has 1 aromatic rings. The molecule has 0 unspecified atom stereocenters. The number of nitrogens with one attached hydrogen (secondary N) is 1. The van der Waals surface area contributed by atoms with Crippen molar-refractivity contribution in [2.24, 2.45) is 11.3 Å². The molecule has 0 bridgehead atoms. The van der Waals surface area contributed by atoms with Gasteiger partial charge in [0.15, 0.2) is 5.78 Å². The lowest BCUT2D eigenvalue weighted by Crippen LogP contribution is -2.50. The van der Waals surface area contributed by atoms with Crippen LogP contribution in [0.3, 0.4) is 0 Å². The molecule has 1 aliphatic heterocycles. The van der Waals surface area contributed by atoms with Gasteiger partial charge in [-0.2, -0.15) is 0 Å². The van der Waals surface area contributed by atoms with Crippen LogP contribution in [0, 0.1) is 18.3 Å². The number of fused-ring (bicyclic) bond motifs is 1. The molecular weight excluding hydrogens is 342 g/mol. The summed E-state index contributed by atoms with van der Waals surface area (Å²) in [5, 5.41) is 2.74. The summed E-state index contributed by atoms with van der Waals surface area (Å²) >= 11 is 0. The Hall–Kier alpha value is -2.11. The third kappa shape index (κ3) is 3.94. The van der Waals surface area contributed by atoms with E-state index in [0.29, 0.717) is 25.4 Å². The first-order valence-corrected chi connectivity index (χ1v) is 9.87. The highest BCUT2D eigenvalue weighted by molar-refractivity contribution is 6.02. The van der Waals surface area contributed by atoms with Crippen molar-refractivity contribution in [1.29, 1.82) is 0 Å². The molecule has 6 heteroatoms. The maximum atomic E-state index is 13.0. The van der Waals surface area contributed by atoms with E-state index in [1.807, 2.05) is 6.92 Å². The fraction of sp³-hybridized carbons (Fsp3) is 0.667. The van der Waals surface area contributed by atoms with Crippen molar-refractivity contribution in [2.45, 2.75) is 60.4 Å². The number of nitrogens with zero attached hydrogens (tertiary/aromatic N) is 2. The summed E-state index contributed by atoms with van der Waals surface area (Å²) < 4.78 is 2.25. The monoisotopic (exact) mass is 373 g/mol. The Morgan fingerprint density at radius 1 is 1.22 bits per heavy atom. The van der Waals surface area contributed by atoms with Crippen LogP contribution >= 0.6 is 0 Å². The average Bonchev–Trinajstić information content (AvgIpc) is 2.79. The van der Waals surface area contributed by atoms with E-state index in [9.17, 15) is 14.4 Å². The minimum absolute atomic E-state index is 0.0597. The van der Waals surface area contributed by atoms with Gasteiger partial charge >= 0.3 is 0 Å². The first kappa shape index (κ1) is 19.6. The first-order chi connectivity index (χ1) is 12.6. The molecule has 2 heterocycles. The second-order valence-electron chi connectivity index (χ2n) is 9.17. The molecule has 27 heavy (non-hydrogen) atoms. The van der Waals surface area contributed by atoms with Crippen molar-refractivity contribution in [1.82, 2.24) is 14.8 Å². The van der Waals surface area contributed by atoms with Gasteiger partial charge in [0.05, 0.1) is 13.0 Å². The number of ketones is 1. The lowest BCUT2D eigenvalue weighted by Gasteiger charge is -2.30. The van der Waals surface area contributed by atoms with Crippen LogP contribution in [0.25, 0.3) is 0 Å². The number of rotatable bonds is 4. The molecule has 0 aromatic carbocycles. The number of carbonyl (C=O) groups is 3. The predicted octanol–water partition coefficient (Wildman–Crippen LogP) is 2.11. The van der Waals surface area contributed by atoms with Gasteiger partial charge in [0, 0.05) is 43.0 Å². The minimum atomic E-state index is -0.122. The molecule has 1 aliphatic carbocycles. The highest BCUT2D eigenvalue weighted by Gasteiger charge is 2.37. The van der Waals surface area contributed by atoms with Crippen molar-refractivity contribution in [2.75, 3.05) is 19.6 Å². The Balaban J connectivity index is 1.98. The van der Waals surface area contributed by atoms with Crippen LogP contribution in [0.4, 0.5) is 0 Å². The molecular formula is C21H31N3O3. The number of carbonyl (C=O) groups excluding carboxylic acids is 3. The van der Waals surface area contributed by atoms with Crippen LogP contribution in [0.5, 0.6) is 0 Å². The number of aromatic nitrogens is 1. The molecule has 1 aromatic heterocycles. The standard InChI is InChI=1S/C21H31N3O3/c1-13(2)11-24-14(3)15(8-19(27)23-7-6-22-18(26)12-23)20-16(24)9-21(4,5)10-17(20)25/h13H,6-12H2,1-5H3,(H,22,26). The first-order valence-electron chi connectivity index (χ1n) is 9.87. The maximum absolute atomic E-state index is 13.0. The van der Waals surface area contributed by atoms with Crippen LogP contribution < -0.4 is 5.32 Å². The van der Waals surface area contributed by atoms with Crippen molar-refractivity contribution >= 4 is 17.6 Å². The van der Waals surface area contributed by atoms with E-state index >= 15 is 0 Å². The van der Waals surface area contributed by atoms with Crippen molar-refractivity contribution < 1.29 is 14.4 Å². The quantitative estimate of drug-likeness (QED) is 0.879. The molecule has 0 atom stereocenters. The Morgan fingerprint density at radius 3 is 2.56 bits per heavy atom. The molecule has 2 aliphatic rings. The highest BCUT2D eigenvalue weighted by atomic mass is 16.2. The van der Waals surface area contributed by atoms with Crippen molar-refractivity contribution in [3.8, 4) is 0 Å². The van der Waals surface area contributed by atoms with Gasteiger partial charge in [0.25, 0.3) is 0 Å². The predicted molar refractivity (Wildman–Crippen MR) is 104 cm³/mol. The van der Waals surface area contributed by atoms with Gasteiger partial charge in [-0.15, -0.1) is 0 Å². The number of hydrogen-bond acceptors (Lipinski definition) is 3. The molecule has 0 saturated carbocycles. The molecule has 148 valence electrons. The van der Waals surface area contributed by atoms with Gasteiger partial charge in [-0.05, 0) is 30.2 Å². The number of piperazine rings is 1. The van der Waals surface area contributed by atoms with E-state index in [0.717, 1.165) is 35.5 Å². The summed E-state index contributed by atoms with van der Waals surface area (Å²) in [5.41, 5.74) is 3.68. The van der Waals surface area contributed by atoms with E-state index in [2.05, 4.69) is 37.6 Å². The normalized spacial score (nSPS) is 19.3. The largest absolute Gasteiger partial charge is 0.353 e. The third-order valence-corrected chi connectivity index (χ3v) is 5.59. The van der Waals surface area contributed by atoms with Gasteiger partial charge < -0.3 is 14.8 Å². The number of hydrogen-bond donors (Lipinski definition) is 1. The lowest BCUT2D eigenvalue weighted by atomic mass is 9.75. The zero-order valence-electron chi connectivity index (χ0n) is 17.1. The van der Waals surface area contributed by atoms with Crippen molar-refractivity contribution in [3.63, 3.8) is 0 Å². The van der Waals surface area contributed by atoms with E-state index in [1.54, 1.807) is 4.90 Å². The van der Waals surface area contributed by atoms with E-state index in [-0.39, 0.29) is 36.0 Å². The summed E-state index contributed by atoms with van der Waals surface area (Å²) in [6.45, 7) is 12.6. The van der Waals surface area contributed by atoms with E-state index < -0.39 is 0 Å². The average molecular weight is 373 g/mol. The van der Waals surface area contributed by atoms with Gasteiger partial charge in [-0.25, -0.2) is 0 Å². The molecule has 0 radical (unpaired) electrons. The van der Waals surface area contributed by atoms with Gasteiger partial charge in [0.2, 0.25) is 11.8 Å². The SMILES string of the molecule is Cc1c(CC(=O)N2CCNC(=O)C2)c2c(n1CC(C)C)CC(C)(C)CC2=O. The topological polar surface area (TPSA) is 71.4 Å². The summed E-state index contributed by atoms with van der Waals surface area (Å²) in [4.78, 5) is 39.0. The number of amides is 2. The zero-order chi connectivity index (χ0) is 19.9. The summed E-state index contributed by atoms with van der Waals surface area (Å²) in [7, 11) is 0. The molecule has 0 spiro atoms. The summed E-state index contributed by atoms with van der Waals surface area (Å²) in [5.74, 6) is 0.402. The van der Waals surface area contributed by atoms with Crippen LogP contribution in [-0.4, -0.2) is 46.7 Å². The molecule has 3 rings (SSSR count). The maximum Gasteiger partial charge on any atom is 0.239 e. The molecule has 6 nitrogen and oxygen atoms in total. The fourth-order valence-electron chi connectivity index (χ4n) is 4.35. The van der Waals surface area contributed by atoms with E-state index in [1.165, 1.54) is 0 Å². The fourth-order valence-corrected chi connectivity index (χ4v) is 4.35. The molecule has 2 amide bonds. The summed E-state index contributed by atoms with van der Waals surface area (Å²) in [6, 6.07) is 0. The third-order valence-electron chi connectivity index (χ3n) is 5.59. The van der Waals surface area contributed by atoms with Gasteiger partial charge in [-0.3, -0.25) is 14.4 Å². The minimum Gasteiger partial charge on any atom is -0.353 e. The highest BCUT2D eigenvalue weighted by Crippen LogP contribution is 2.39. The second-order valence-corrected chi connectivity index (χ2v) is 9.17. The van der Waals surface area contributed by atoms with Crippen LogP contribution in [0.2, 0.25) is 0 Å². The Kier molecular flexibility index (Phi) is 5.19. The van der Waals surface area contributed by atoms with Crippen LogP contribution in [-0.2, 0) is 29.0 Å². The number of Topliss-reactive ketones (excluding diaryl/α,β-unsaturated/α-hetero) is 1. The Labute approximate surface area is 161 Å². The summed E-state index contributed by atoms with van der Waals surface area (Å²) in [6.07, 6.45) is 1.55. The Bertz CT molecular complexity index is 789. The molecule has 1 saturated heterocycles. The van der Waals surface area contributed by atoms with Crippen LogP contribution in [0.15, 0.2) is 0 Å². The smallest absolute Gasteiger partial charge is 0.239 e. The Morgan fingerprint density at radius 2 is 1.93 bits per heavy atom. The zero-order valence-corrected chi connectivity index (χ0v) is 17.1. The van der Waals surface area contributed by atoms with Crippen molar-refractivity contribution in [3.05, 3.63) is 22.5 Å². The second kappa shape index (κ2) is 7.13. The van der Waals surface area contributed by atoms with Gasteiger partial charge in [-0.1, -0.05) is 27.7 Å². The van der Waals surface area contributed by atoms with Crippen LogP contribution in [0.1, 0.15) is 61.4 Å².